The zero-order valence-corrected chi connectivity index (χ0v) is 15.3. The molecule has 0 unspecified atom stereocenters. The lowest BCUT2D eigenvalue weighted by Gasteiger charge is -2.07. The smallest absolute Gasteiger partial charge is 0.298 e. The van der Waals surface area contributed by atoms with E-state index in [-0.39, 0.29) is 11.6 Å². The lowest BCUT2D eigenvalue weighted by molar-refractivity contribution is 0.433. The normalized spacial score (nSPS) is 11.1. The Balaban J connectivity index is 1.95. The van der Waals surface area contributed by atoms with Gasteiger partial charge in [0, 0.05) is 7.05 Å². The Kier molecular flexibility index (Phi) is 4.81. The van der Waals surface area contributed by atoms with E-state index in [1.807, 2.05) is 6.07 Å². The molecule has 10 heteroatoms. The molecule has 0 atom stereocenters. The van der Waals surface area contributed by atoms with Crippen molar-refractivity contribution in [3.8, 4) is 28.9 Å². The number of nitrogens with zero attached hydrogens (tertiary/aromatic N) is 4. The molecule has 27 heavy (non-hydrogen) atoms. The first-order chi connectivity index (χ1) is 12.8. The minimum absolute atomic E-state index is 0.103. The van der Waals surface area contributed by atoms with Crippen molar-refractivity contribution >= 4 is 15.9 Å². The maximum absolute atomic E-state index is 11.5. The van der Waals surface area contributed by atoms with Crippen LogP contribution in [0.25, 0.3) is 16.9 Å². The van der Waals surface area contributed by atoms with Gasteiger partial charge in [0.1, 0.15) is 0 Å². The quantitative estimate of drug-likeness (QED) is 0.613. The van der Waals surface area contributed by atoms with Crippen LogP contribution in [0.15, 0.2) is 42.6 Å². The van der Waals surface area contributed by atoms with Crippen LogP contribution in [-0.4, -0.2) is 35.3 Å². The molecule has 0 aliphatic rings. The second-order valence-electron chi connectivity index (χ2n) is 5.60. The van der Waals surface area contributed by atoms with E-state index in [9.17, 15) is 13.5 Å². The van der Waals surface area contributed by atoms with Gasteiger partial charge in [-0.2, -0.15) is 23.5 Å². The fourth-order valence-corrected chi connectivity index (χ4v) is 3.04. The molecule has 0 fully saturated rings. The first-order valence-corrected chi connectivity index (χ1v) is 9.30. The van der Waals surface area contributed by atoms with Crippen LogP contribution in [0.2, 0.25) is 0 Å². The van der Waals surface area contributed by atoms with Crippen molar-refractivity contribution in [3.63, 3.8) is 0 Å². The number of rotatable bonds is 5. The van der Waals surface area contributed by atoms with Crippen LogP contribution >= 0.6 is 0 Å². The van der Waals surface area contributed by atoms with Gasteiger partial charge in [0.15, 0.2) is 5.82 Å². The number of aromatic nitrogens is 3. The van der Waals surface area contributed by atoms with Gasteiger partial charge >= 0.3 is 0 Å². The van der Waals surface area contributed by atoms with Crippen LogP contribution in [0, 0.1) is 18.3 Å². The summed E-state index contributed by atoms with van der Waals surface area (Å²) in [6, 6.07) is 11.9. The summed E-state index contributed by atoms with van der Waals surface area (Å²) < 4.78 is 28.7. The molecule has 0 aliphatic heterocycles. The molecule has 138 valence electrons. The SMILES string of the molecule is CNS(=O)(=O)Nc1ccc(-n2nc(C)c(-c3ccc(C#N)cc3)c2O)nc1. The highest BCUT2D eigenvalue weighted by molar-refractivity contribution is 7.90. The number of nitrogens with one attached hydrogen (secondary N) is 2. The lowest BCUT2D eigenvalue weighted by Crippen LogP contribution is -2.26. The van der Waals surface area contributed by atoms with Gasteiger partial charge < -0.3 is 5.11 Å². The largest absolute Gasteiger partial charge is 0.493 e. The van der Waals surface area contributed by atoms with E-state index in [0.29, 0.717) is 28.2 Å². The van der Waals surface area contributed by atoms with E-state index in [0.717, 1.165) is 0 Å². The number of hydrogen-bond acceptors (Lipinski definition) is 6. The van der Waals surface area contributed by atoms with E-state index >= 15 is 0 Å². The highest BCUT2D eigenvalue weighted by atomic mass is 32.2. The lowest BCUT2D eigenvalue weighted by atomic mass is 10.0. The Labute approximate surface area is 156 Å². The van der Waals surface area contributed by atoms with Gasteiger partial charge in [-0.25, -0.2) is 9.71 Å². The van der Waals surface area contributed by atoms with Crippen molar-refractivity contribution in [1.82, 2.24) is 19.5 Å². The van der Waals surface area contributed by atoms with Crippen molar-refractivity contribution < 1.29 is 13.5 Å². The molecule has 0 bridgehead atoms. The molecule has 3 N–H and O–H groups in total. The zero-order chi connectivity index (χ0) is 19.6. The fourth-order valence-electron chi connectivity index (χ4n) is 2.50. The summed E-state index contributed by atoms with van der Waals surface area (Å²) in [7, 11) is -2.35. The molecular weight excluding hydrogens is 368 g/mol. The molecule has 1 aromatic carbocycles. The summed E-state index contributed by atoms with van der Waals surface area (Å²) in [5.74, 6) is 0.219. The van der Waals surface area contributed by atoms with E-state index in [2.05, 4.69) is 19.5 Å². The topological polar surface area (TPSA) is 133 Å². The first-order valence-electron chi connectivity index (χ1n) is 7.81. The maximum atomic E-state index is 11.5. The summed E-state index contributed by atoms with van der Waals surface area (Å²) >= 11 is 0. The van der Waals surface area contributed by atoms with Gasteiger partial charge in [-0.15, -0.1) is 0 Å². The highest BCUT2D eigenvalue weighted by Crippen LogP contribution is 2.34. The van der Waals surface area contributed by atoms with Crippen LogP contribution in [0.3, 0.4) is 0 Å². The molecule has 0 radical (unpaired) electrons. The van der Waals surface area contributed by atoms with E-state index < -0.39 is 10.2 Å². The molecule has 2 aromatic heterocycles. The number of hydrogen-bond donors (Lipinski definition) is 3. The van der Waals surface area contributed by atoms with E-state index in [1.54, 1.807) is 31.2 Å². The van der Waals surface area contributed by atoms with Gasteiger partial charge in [-0.1, -0.05) is 12.1 Å². The molecule has 3 aromatic rings. The molecule has 0 saturated heterocycles. The van der Waals surface area contributed by atoms with Crippen LogP contribution in [0.1, 0.15) is 11.3 Å². The Hall–Kier alpha value is -3.42. The van der Waals surface area contributed by atoms with Gasteiger partial charge in [0.05, 0.1) is 34.8 Å². The number of benzene rings is 1. The first kappa shape index (κ1) is 18.4. The van der Waals surface area contributed by atoms with Gasteiger partial charge in [-0.3, -0.25) is 4.72 Å². The Bertz CT molecular complexity index is 1110. The monoisotopic (exact) mass is 384 g/mol. The number of aryl methyl sites for hydroxylation is 1. The summed E-state index contributed by atoms with van der Waals surface area (Å²) in [6.45, 7) is 1.75. The summed E-state index contributed by atoms with van der Waals surface area (Å²) in [5.41, 5.74) is 2.61. The standard InChI is InChI=1S/C17H16N6O3S/c1-11-16(13-5-3-12(9-18)4-6-13)17(24)23(21-11)15-8-7-14(10-20-15)22-27(25,26)19-2/h3-8,10,19,22,24H,1-2H3. The Morgan fingerprint density at radius 2 is 1.89 bits per heavy atom. The van der Waals surface area contributed by atoms with Crippen LogP contribution in [0.5, 0.6) is 5.88 Å². The second kappa shape index (κ2) is 7.06. The molecule has 2 heterocycles. The van der Waals surface area contributed by atoms with Crippen LogP contribution < -0.4 is 9.44 Å². The van der Waals surface area contributed by atoms with Crippen LogP contribution in [0.4, 0.5) is 5.69 Å². The van der Waals surface area contributed by atoms with Gasteiger partial charge in [0.2, 0.25) is 5.88 Å². The second-order valence-corrected chi connectivity index (χ2v) is 7.22. The number of pyridine rings is 1. The van der Waals surface area contributed by atoms with Crippen molar-refractivity contribution in [2.75, 3.05) is 11.8 Å². The van der Waals surface area contributed by atoms with Crippen molar-refractivity contribution in [2.45, 2.75) is 6.92 Å². The third kappa shape index (κ3) is 3.74. The highest BCUT2D eigenvalue weighted by Gasteiger charge is 2.18. The molecule has 0 aliphatic carbocycles. The van der Waals surface area contributed by atoms with Crippen molar-refractivity contribution in [2.24, 2.45) is 0 Å². The summed E-state index contributed by atoms with van der Waals surface area (Å²) in [6.07, 6.45) is 1.32. The molecule has 3 rings (SSSR count). The minimum Gasteiger partial charge on any atom is -0.493 e. The maximum Gasteiger partial charge on any atom is 0.298 e. The van der Waals surface area contributed by atoms with Crippen LogP contribution in [-0.2, 0) is 10.2 Å². The molecule has 0 saturated carbocycles. The molecule has 0 spiro atoms. The number of aromatic hydroxyl groups is 1. The average molecular weight is 384 g/mol. The van der Waals surface area contributed by atoms with Crippen molar-refractivity contribution in [1.29, 1.82) is 5.26 Å². The third-order valence-corrected chi connectivity index (χ3v) is 4.87. The molecular formula is C17H16N6O3S. The Morgan fingerprint density at radius 3 is 2.44 bits per heavy atom. The van der Waals surface area contributed by atoms with Gasteiger partial charge in [-0.05, 0) is 36.8 Å². The minimum atomic E-state index is -3.64. The van der Waals surface area contributed by atoms with E-state index in [4.69, 9.17) is 5.26 Å². The van der Waals surface area contributed by atoms with Crippen molar-refractivity contribution in [3.05, 3.63) is 53.9 Å². The predicted molar refractivity (Wildman–Crippen MR) is 99.5 cm³/mol. The summed E-state index contributed by atoms with van der Waals surface area (Å²) in [4.78, 5) is 4.15. The zero-order valence-electron chi connectivity index (χ0n) is 14.5. The number of anilines is 1. The number of nitriles is 1. The fraction of sp³-hybridized carbons (Fsp3) is 0.118. The predicted octanol–water partition coefficient (Wildman–Crippen LogP) is 1.70. The summed E-state index contributed by atoms with van der Waals surface area (Å²) in [5, 5.41) is 23.8. The average Bonchev–Trinajstić information content (AvgIpc) is 2.96. The molecule has 9 nitrogen and oxygen atoms in total. The Morgan fingerprint density at radius 1 is 1.19 bits per heavy atom. The van der Waals surface area contributed by atoms with Gasteiger partial charge in [0.25, 0.3) is 10.2 Å². The third-order valence-electron chi connectivity index (χ3n) is 3.82. The van der Waals surface area contributed by atoms with E-state index in [1.165, 1.54) is 30.1 Å². The molecule has 0 amide bonds.